The zero-order chi connectivity index (χ0) is 19.9. The van der Waals surface area contributed by atoms with Gasteiger partial charge >= 0.3 is 0 Å². The molecule has 2 amide bonds. The number of benzene rings is 1. The number of anilines is 1. The number of nitrogen functional groups attached to an aromatic ring is 1. The minimum atomic E-state index is -0.192. The predicted octanol–water partition coefficient (Wildman–Crippen LogP) is 1.65. The van der Waals surface area contributed by atoms with Crippen molar-refractivity contribution < 1.29 is 9.59 Å². The van der Waals surface area contributed by atoms with Gasteiger partial charge in [0.15, 0.2) is 0 Å². The molecule has 28 heavy (non-hydrogen) atoms. The molecule has 1 aromatic carbocycles. The van der Waals surface area contributed by atoms with E-state index in [1.807, 2.05) is 24.3 Å². The smallest absolute Gasteiger partial charge is 0.251 e. The lowest BCUT2D eigenvalue weighted by Crippen LogP contribution is -2.39. The monoisotopic (exact) mass is 381 g/mol. The Morgan fingerprint density at radius 1 is 1.14 bits per heavy atom. The third-order valence-electron chi connectivity index (χ3n) is 5.14. The summed E-state index contributed by atoms with van der Waals surface area (Å²) in [5.74, 6) is -0.271. The molecule has 2 heterocycles. The number of likely N-dealkylation sites (tertiary alicyclic amines) is 1. The number of nitrogens with two attached hydrogens (primary N) is 2. The van der Waals surface area contributed by atoms with Crippen LogP contribution in [-0.4, -0.2) is 47.9 Å². The zero-order valence-electron chi connectivity index (χ0n) is 15.9. The van der Waals surface area contributed by atoms with Crippen molar-refractivity contribution in [3.8, 4) is 11.1 Å². The molecule has 0 spiro atoms. The molecule has 0 atom stereocenters. The summed E-state index contributed by atoms with van der Waals surface area (Å²) in [6, 6.07) is 9.28. The number of carbonyl (C=O) groups is 2. The largest absolute Gasteiger partial charge is 0.397 e. The molecule has 1 fully saturated rings. The van der Waals surface area contributed by atoms with Crippen LogP contribution in [0.5, 0.6) is 0 Å². The average Bonchev–Trinajstić information content (AvgIpc) is 2.71. The van der Waals surface area contributed by atoms with Crippen LogP contribution >= 0.6 is 0 Å². The van der Waals surface area contributed by atoms with Gasteiger partial charge in [-0.1, -0.05) is 12.1 Å². The number of primary amides is 1. The molecule has 1 aliphatic rings. The van der Waals surface area contributed by atoms with Crippen LogP contribution in [-0.2, 0) is 4.79 Å². The van der Waals surface area contributed by atoms with Crippen molar-refractivity contribution >= 4 is 17.5 Å². The molecule has 0 radical (unpaired) electrons. The topological polar surface area (TPSA) is 114 Å². The number of hydrogen-bond donors (Lipinski definition) is 3. The van der Waals surface area contributed by atoms with Crippen LogP contribution in [0.3, 0.4) is 0 Å². The van der Waals surface area contributed by atoms with Crippen molar-refractivity contribution in [1.29, 1.82) is 0 Å². The highest BCUT2D eigenvalue weighted by molar-refractivity contribution is 5.95. The van der Waals surface area contributed by atoms with Crippen molar-refractivity contribution in [2.45, 2.75) is 19.3 Å². The fourth-order valence-electron chi connectivity index (χ4n) is 3.50. The van der Waals surface area contributed by atoms with Gasteiger partial charge in [0.25, 0.3) is 5.91 Å². The fourth-order valence-corrected chi connectivity index (χ4v) is 3.50. The van der Waals surface area contributed by atoms with Gasteiger partial charge in [0.2, 0.25) is 5.91 Å². The maximum Gasteiger partial charge on any atom is 0.251 e. The molecule has 148 valence electrons. The van der Waals surface area contributed by atoms with E-state index in [-0.39, 0.29) is 17.7 Å². The van der Waals surface area contributed by atoms with Crippen molar-refractivity contribution in [2.75, 3.05) is 31.9 Å². The van der Waals surface area contributed by atoms with Crippen molar-refractivity contribution in [2.24, 2.45) is 11.7 Å². The molecule has 0 unspecified atom stereocenters. The van der Waals surface area contributed by atoms with E-state index in [9.17, 15) is 9.59 Å². The summed E-state index contributed by atoms with van der Waals surface area (Å²) in [7, 11) is 0. The average molecular weight is 381 g/mol. The van der Waals surface area contributed by atoms with Crippen LogP contribution in [0.1, 0.15) is 29.6 Å². The third-order valence-corrected chi connectivity index (χ3v) is 5.14. The number of rotatable bonds is 7. The number of piperidine rings is 1. The fraction of sp³-hybridized carbons (Fsp3) is 0.381. The Morgan fingerprint density at radius 3 is 2.64 bits per heavy atom. The van der Waals surface area contributed by atoms with Gasteiger partial charge in [-0.2, -0.15) is 0 Å². The minimum Gasteiger partial charge on any atom is -0.397 e. The summed E-state index contributed by atoms with van der Waals surface area (Å²) in [5, 5.41) is 2.98. The Labute approximate surface area is 165 Å². The lowest BCUT2D eigenvalue weighted by Gasteiger charge is -2.30. The van der Waals surface area contributed by atoms with E-state index < -0.39 is 0 Å². The molecule has 0 aliphatic carbocycles. The number of nitrogens with zero attached hydrogens (tertiary/aromatic N) is 2. The lowest BCUT2D eigenvalue weighted by molar-refractivity contribution is -0.123. The summed E-state index contributed by atoms with van der Waals surface area (Å²) >= 11 is 0. The van der Waals surface area contributed by atoms with Crippen molar-refractivity contribution in [3.05, 3.63) is 48.3 Å². The van der Waals surface area contributed by atoms with Gasteiger partial charge in [0, 0.05) is 36.0 Å². The van der Waals surface area contributed by atoms with Crippen LogP contribution in [0.2, 0.25) is 0 Å². The molecule has 7 nitrogen and oxygen atoms in total. The molecular weight excluding hydrogens is 354 g/mol. The van der Waals surface area contributed by atoms with Gasteiger partial charge < -0.3 is 21.7 Å². The van der Waals surface area contributed by atoms with Crippen molar-refractivity contribution in [1.82, 2.24) is 15.2 Å². The Balaban J connectivity index is 1.45. The van der Waals surface area contributed by atoms with E-state index in [1.165, 1.54) is 0 Å². The summed E-state index contributed by atoms with van der Waals surface area (Å²) in [6.07, 6.45) is 5.84. The normalized spacial score (nSPS) is 15.3. The maximum atomic E-state index is 12.4. The SMILES string of the molecule is NC(=O)C1CCN(CCCNC(=O)c2cccc(-c3cncc(N)c3)c2)CC1. The van der Waals surface area contributed by atoms with Gasteiger partial charge in [-0.15, -0.1) is 0 Å². The van der Waals surface area contributed by atoms with E-state index in [4.69, 9.17) is 11.5 Å². The van der Waals surface area contributed by atoms with Crippen LogP contribution in [0.25, 0.3) is 11.1 Å². The number of pyridine rings is 1. The van der Waals surface area contributed by atoms with Gasteiger partial charge in [-0.3, -0.25) is 14.6 Å². The summed E-state index contributed by atoms with van der Waals surface area (Å²) in [4.78, 5) is 30.1. The highest BCUT2D eigenvalue weighted by atomic mass is 16.2. The van der Waals surface area contributed by atoms with E-state index in [0.717, 1.165) is 50.0 Å². The second-order valence-corrected chi connectivity index (χ2v) is 7.22. The summed E-state index contributed by atoms with van der Waals surface area (Å²) < 4.78 is 0. The quantitative estimate of drug-likeness (QED) is 0.631. The second-order valence-electron chi connectivity index (χ2n) is 7.22. The molecule has 1 aliphatic heterocycles. The highest BCUT2D eigenvalue weighted by Crippen LogP contribution is 2.21. The Bertz CT molecular complexity index is 831. The van der Waals surface area contributed by atoms with E-state index in [1.54, 1.807) is 18.5 Å². The second kappa shape index (κ2) is 9.32. The lowest BCUT2D eigenvalue weighted by atomic mass is 9.96. The molecular formula is C21H27N5O2. The molecule has 2 aromatic rings. The standard InChI is InChI=1S/C21H27N5O2/c22-19-12-18(13-24-14-19)16-3-1-4-17(11-16)21(28)25-7-2-8-26-9-5-15(6-10-26)20(23)27/h1,3-4,11-15H,2,5-10,22H2,(H2,23,27)(H,25,28). The van der Waals surface area contributed by atoms with Gasteiger partial charge in [-0.25, -0.2) is 0 Å². The van der Waals surface area contributed by atoms with Gasteiger partial charge in [0.1, 0.15) is 0 Å². The molecule has 1 aromatic heterocycles. The molecule has 3 rings (SSSR count). The molecule has 1 saturated heterocycles. The van der Waals surface area contributed by atoms with Crippen LogP contribution in [0.15, 0.2) is 42.7 Å². The minimum absolute atomic E-state index is 0.0124. The number of amides is 2. The first-order valence-corrected chi connectivity index (χ1v) is 9.64. The Kier molecular flexibility index (Phi) is 6.60. The number of nitrogens with one attached hydrogen (secondary N) is 1. The number of carbonyl (C=O) groups excluding carboxylic acids is 2. The van der Waals surface area contributed by atoms with Gasteiger partial charge in [-0.05, 0) is 62.7 Å². The first-order chi connectivity index (χ1) is 13.5. The summed E-state index contributed by atoms with van der Waals surface area (Å²) in [6.45, 7) is 3.29. The first kappa shape index (κ1) is 19.8. The van der Waals surface area contributed by atoms with Gasteiger partial charge in [0.05, 0.1) is 5.69 Å². The summed E-state index contributed by atoms with van der Waals surface area (Å²) in [5.41, 5.74) is 14.1. The van der Waals surface area contributed by atoms with Crippen LogP contribution in [0, 0.1) is 5.92 Å². The Morgan fingerprint density at radius 2 is 1.93 bits per heavy atom. The van der Waals surface area contributed by atoms with E-state index in [2.05, 4.69) is 15.2 Å². The molecule has 0 bridgehead atoms. The Hall–Kier alpha value is -2.93. The van der Waals surface area contributed by atoms with Crippen LogP contribution in [0.4, 0.5) is 5.69 Å². The molecule has 5 N–H and O–H groups in total. The van der Waals surface area contributed by atoms with E-state index in [0.29, 0.717) is 17.8 Å². The maximum absolute atomic E-state index is 12.4. The number of aromatic nitrogens is 1. The third kappa shape index (κ3) is 5.29. The molecule has 0 saturated carbocycles. The number of hydrogen-bond acceptors (Lipinski definition) is 5. The van der Waals surface area contributed by atoms with Crippen molar-refractivity contribution in [3.63, 3.8) is 0 Å². The van der Waals surface area contributed by atoms with E-state index >= 15 is 0 Å². The van der Waals surface area contributed by atoms with Crippen LogP contribution < -0.4 is 16.8 Å². The predicted molar refractivity (Wildman–Crippen MR) is 109 cm³/mol. The zero-order valence-corrected chi connectivity index (χ0v) is 15.9. The highest BCUT2D eigenvalue weighted by Gasteiger charge is 2.22. The molecule has 7 heteroatoms. The first-order valence-electron chi connectivity index (χ1n) is 9.64.